The first-order chi connectivity index (χ1) is 15.0. The van der Waals surface area contributed by atoms with Gasteiger partial charge in [0, 0.05) is 5.75 Å². The third-order valence-corrected chi connectivity index (χ3v) is 5.93. The van der Waals surface area contributed by atoms with Crippen molar-refractivity contribution in [1.29, 1.82) is 0 Å². The van der Waals surface area contributed by atoms with Crippen molar-refractivity contribution in [3.05, 3.63) is 52.9 Å². The molecule has 0 saturated heterocycles. The summed E-state index contributed by atoms with van der Waals surface area (Å²) < 4.78 is 35.9. The molecule has 0 atom stereocenters. The van der Waals surface area contributed by atoms with Crippen molar-refractivity contribution >= 4 is 40.9 Å². The first-order valence-electron chi connectivity index (χ1n) is 9.19. The van der Waals surface area contributed by atoms with Crippen molar-refractivity contribution in [1.82, 2.24) is 14.9 Å². The number of aromatic nitrogens is 3. The molecule has 0 spiro atoms. The fraction of sp³-hybridized carbons (Fsp3) is 0.200. The van der Waals surface area contributed by atoms with E-state index in [2.05, 4.69) is 20.0 Å². The van der Waals surface area contributed by atoms with Gasteiger partial charge in [-0.2, -0.15) is 18.6 Å². The van der Waals surface area contributed by atoms with Crippen molar-refractivity contribution in [2.75, 3.05) is 12.4 Å². The summed E-state index contributed by atoms with van der Waals surface area (Å²) in [5, 5.41) is 15.6. The number of hydrogen-bond donors (Lipinski definition) is 0. The molecule has 0 fully saturated rings. The van der Waals surface area contributed by atoms with E-state index >= 15 is 0 Å². The molecule has 0 amide bonds. The summed E-state index contributed by atoms with van der Waals surface area (Å²) in [6.45, 7) is -0.979. The van der Waals surface area contributed by atoms with E-state index in [9.17, 15) is 13.6 Å². The van der Waals surface area contributed by atoms with Gasteiger partial charge in [-0.1, -0.05) is 30.0 Å². The lowest BCUT2D eigenvalue weighted by Gasteiger charge is -2.15. The van der Waals surface area contributed by atoms with Crippen LogP contribution in [0.4, 0.5) is 8.78 Å². The number of thiophene rings is 1. The standard InChI is InChI=1S/C20H16F2N4O3S2/c1-2-28-18(27)14(10-12-5-7-13(8-6-12)29-19(21)22)15-11-31-20-24-23-17(26(20)25-15)16-4-3-9-30-16/h3-10,19H,2,11H2,1H3/b14-10-. The normalized spacial score (nSPS) is 13.7. The molecule has 0 unspecified atom stereocenters. The average Bonchev–Trinajstić information content (AvgIpc) is 3.42. The van der Waals surface area contributed by atoms with Crippen LogP contribution in [0.3, 0.4) is 0 Å². The zero-order valence-electron chi connectivity index (χ0n) is 16.2. The van der Waals surface area contributed by atoms with Crippen LogP contribution in [0.1, 0.15) is 12.5 Å². The van der Waals surface area contributed by atoms with Gasteiger partial charge in [0.1, 0.15) is 5.75 Å². The summed E-state index contributed by atoms with van der Waals surface area (Å²) >= 11 is 2.92. The van der Waals surface area contributed by atoms with Gasteiger partial charge < -0.3 is 9.47 Å². The van der Waals surface area contributed by atoms with Crippen LogP contribution in [0.5, 0.6) is 5.75 Å². The Morgan fingerprint density at radius 2 is 2.06 bits per heavy atom. The topological polar surface area (TPSA) is 78.6 Å². The van der Waals surface area contributed by atoms with Gasteiger partial charge in [-0.3, -0.25) is 0 Å². The molecule has 31 heavy (non-hydrogen) atoms. The Kier molecular flexibility index (Phi) is 6.42. The Labute approximate surface area is 184 Å². The van der Waals surface area contributed by atoms with E-state index in [1.54, 1.807) is 29.8 Å². The molecule has 3 heterocycles. The molecular formula is C20H16F2N4O3S2. The van der Waals surface area contributed by atoms with Crippen LogP contribution in [-0.4, -0.2) is 45.5 Å². The maximum Gasteiger partial charge on any atom is 0.387 e. The summed E-state index contributed by atoms with van der Waals surface area (Å²) in [6.07, 6.45) is 1.61. The Morgan fingerprint density at radius 3 is 2.74 bits per heavy atom. The Bertz CT molecular complexity index is 1130. The van der Waals surface area contributed by atoms with Crippen molar-refractivity contribution in [3.8, 4) is 16.5 Å². The molecule has 0 bridgehead atoms. The minimum absolute atomic E-state index is 0.0325. The zero-order valence-corrected chi connectivity index (χ0v) is 17.8. The van der Waals surface area contributed by atoms with E-state index in [1.165, 1.54) is 35.2 Å². The zero-order chi connectivity index (χ0) is 21.8. The maximum atomic E-state index is 12.7. The molecule has 7 nitrogen and oxygen atoms in total. The van der Waals surface area contributed by atoms with Gasteiger partial charge in [0.25, 0.3) is 0 Å². The van der Waals surface area contributed by atoms with Gasteiger partial charge in [0.15, 0.2) is 5.82 Å². The maximum absolute atomic E-state index is 12.7. The summed E-state index contributed by atoms with van der Waals surface area (Å²) in [4.78, 5) is 13.6. The summed E-state index contributed by atoms with van der Waals surface area (Å²) in [6, 6.07) is 9.80. The number of esters is 1. The number of nitrogens with zero attached hydrogens (tertiary/aromatic N) is 4. The van der Waals surface area contributed by atoms with Crippen LogP contribution < -0.4 is 4.74 Å². The largest absolute Gasteiger partial charge is 0.462 e. The second-order valence-corrected chi connectivity index (χ2v) is 8.05. The third kappa shape index (κ3) is 4.83. The molecular weight excluding hydrogens is 446 g/mol. The lowest BCUT2D eigenvalue weighted by Crippen LogP contribution is -2.21. The molecule has 0 radical (unpaired) electrons. The fourth-order valence-electron chi connectivity index (χ4n) is 2.80. The predicted molar refractivity (Wildman–Crippen MR) is 115 cm³/mol. The number of carbonyl (C=O) groups is 1. The number of hydrogen-bond acceptors (Lipinski definition) is 8. The van der Waals surface area contributed by atoms with Gasteiger partial charge in [-0.15, -0.1) is 21.5 Å². The van der Waals surface area contributed by atoms with Crippen LogP contribution in [0.15, 0.2) is 57.6 Å². The first-order valence-corrected chi connectivity index (χ1v) is 11.1. The number of ether oxygens (including phenoxy) is 2. The second kappa shape index (κ2) is 9.40. The molecule has 1 aliphatic rings. The van der Waals surface area contributed by atoms with Crippen molar-refractivity contribution in [2.45, 2.75) is 18.7 Å². The Hall–Kier alpha value is -3.05. The van der Waals surface area contributed by atoms with Gasteiger partial charge in [0.2, 0.25) is 5.16 Å². The molecule has 3 aromatic rings. The van der Waals surface area contributed by atoms with Crippen LogP contribution in [0, 0.1) is 0 Å². The molecule has 0 aliphatic carbocycles. The van der Waals surface area contributed by atoms with Gasteiger partial charge in [-0.25, -0.2) is 4.79 Å². The minimum atomic E-state index is -2.90. The number of halogens is 2. The van der Waals surface area contributed by atoms with E-state index in [1.807, 2.05) is 17.5 Å². The highest BCUT2D eigenvalue weighted by Gasteiger charge is 2.25. The summed E-state index contributed by atoms with van der Waals surface area (Å²) in [7, 11) is 0. The fourth-order valence-corrected chi connectivity index (χ4v) is 4.32. The number of carbonyl (C=O) groups excluding carboxylic acids is 1. The minimum Gasteiger partial charge on any atom is -0.462 e. The first kappa shape index (κ1) is 21.2. The van der Waals surface area contributed by atoms with Crippen LogP contribution in [0.25, 0.3) is 16.8 Å². The van der Waals surface area contributed by atoms with Crippen molar-refractivity contribution in [2.24, 2.45) is 5.10 Å². The number of thioether (sulfide) groups is 1. The van der Waals surface area contributed by atoms with E-state index in [0.717, 1.165) is 4.88 Å². The monoisotopic (exact) mass is 462 g/mol. The number of alkyl halides is 2. The van der Waals surface area contributed by atoms with E-state index in [-0.39, 0.29) is 17.9 Å². The SMILES string of the molecule is CCOC(=O)/C(=C\c1ccc(OC(F)F)cc1)C1=Nn2c(nnc2-c2cccs2)SC1. The van der Waals surface area contributed by atoms with Crippen LogP contribution in [0.2, 0.25) is 0 Å². The number of rotatable bonds is 7. The van der Waals surface area contributed by atoms with E-state index < -0.39 is 12.6 Å². The molecule has 4 rings (SSSR count). The van der Waals surface area contributed by atoms with Crippen molar-refractivity contribution < 1.29 is 23.0 Å². The van der Waals surface area contributed by atoms with Crippen molar-refractivity contribution in [3.63, 3.8) is 0 Å². The lowest BCUT2D eigenvalue weighted by atomic mass is 10.1. The second-order valence-electron chi connectivity index (χ2n) is 6.16. The van der Waals surface area contributed by atoms with Gasteiger partial charge in [-0.05, 0) is 42.1 Å². The Balaban J connectivity index is 1.70. The number of benzene rings is 1. The average molecular weight is 463 g/mol. The van der Waals surface area contributed by atoms with Gasteiger partial charge >= 0.3 is 12.6 Å². The molecule has 11 heteroatoms. The summed E-state index contributed by atoms with van der Waals surface area (Å²) in [5.74, 6) is 0.500. The highest BCUT2D eigenvalue weighted by molar-refractivity contribution is 7.99. The molecule has 1 aliphatic heterocycles. The number of fused-ring (bicyclic) bond motifs is 1. The van der Waals surface area contributed by atoms with E-state index in [0.29, 0.717) is 28.0 Å². The highest BCUT2D eigenvalue weighted by atomic mass is 32.2. The third-order valence-electron chi connectivity index (χ3n) is 4.13. The van der Waals surface area contributed by atoms with Gasteiger partial charge in [0.05, 0.1) is 22.8 Å². The van der Waals surface area contributed by atoms with E-state index in [4.69, 9.17) is 4.74 Å². The smallest absolute Gasteiger partial charge is 0.387 e. The quantitative estimate of drug-likeness (QED) is 0.378. The lowest BCUT2D eigenvalue weighted by molar-refractivity contribution is -0.137. The molecule has 2 aromatic heterocycles. The molecule has 0 N–H and O–H groups in total. The van der Waals surface area contributed by atoms with Crippen LogP contribution in [-0.2, 0) is 9.53 Å². The highest BCUT2D eigenvalue weighted by Crippen LogP contribution is 2.31. The predicted octanol–water partition coefficient (Wildman–Crippen LogP) is 4.56. The Morgan fingerprint density at radius 1 is 1.26 bits per heavy atom. The molecule has 0 saturated carbocycles. The summed E-state index contributed by atoms with van der Waals surface area (Å²) in [5.41, 5.74) is 1.39. The molecule has 160 valence electrons. The van der Waals surface area contributed by atoms with Crippen LogP contribution >= 0.6 is 23.1 Å². The molecule has 1 aromatic carbocycles.